The van der Waals surface area contributed by atoms with Crippen LogP contribution in [0.15, 0.2) is 48.5 Å². The molecule has 3 N–H and O–H groups in total. The first-order valence-corrected chi connectivity index (χ1v) is 10.6. The predicted molar refractivity (Wildman–Crippen MR) is 118 cm³/mol. The van der Waals surface area contributed by atoms with Crippen LogP contribution < -0.4 is 10.6 Å². The fourth-order valence-corrected chi connectivity index (χ4v) is 3.64. The van der Waals surface area contributed by atoms with Crippen molar-refractivity contribution in [3.63, 3.8) is 0 Å². The van der Waals surface area contributed by atoms with E-state index in [1.165, 1.54) is 11.1 Å². The summed E-state index contributed by atoms with van der Waals surface area (Å²) in [5.41, 5.74) is 4.63. The molecule has 32 heavy (non-hydrogen) atoms. The van der Waals surface area contributed by atoms with Gasteiger partial charge in [0.05, 0.1) is 12.5 Å². The molecule has 1 aliphatic carbocycles. The fourth-order valence-electron chi connectivity index (χ4n) is 3.64. The Kier molecular flexibility index (Phi) is 8.21. The second-order valence-electron chi connectivity index (χ2n) is 7.68. The molecule has 0 fully saturated rings. The van der Waals surface area contributed by atoms with Crippen LogP contribution in [0, 0.1) is 5.92 Å². The number of benzene rings is 2. The molecule has 8 heteroatoms. The van der Waals surface area contributed by atoms with Crippen molar-refractivity contribution < 1.29 is 29.0 Å². The summed E-state index contributed by atoms with van der Waals surface area (Å²) in [5, 5.41) is 14.0. The van der Waals surface area contributed by atoms with Gasteiger partial charge in [0.2, 0.25) is 5.91 Å². The number of amides is 2. The SMILES string of the molecule is CC(CCNC(=O)COCCNC(=O)OCC1c2ccccc2-c2ccccc21)C(=O)O. The zero-order valence-corrected chi connectivity index (χ0v) is 18.0. The van der Waals surface area contributed by atoms with E-state index in [2.05, 4.69) is 34.9 Å². The Bertz CT molecular complexity index is 916. The highest BCUT2D eigenvalue weighted by atomic mass is 16.5. The predicted octanol–water partition coefficient (Wildman–Crippen LogP) is 2.77. The topological polar surface area (TPSA) is 114 Å². The summed E-state index contributed by atoms with van der Waals surface area (Å²) < 4.78 is 10.7. The second-order valence-corrected chi connectivity index (χ2v) is 7.68. The van der Waals surface area contributed by atoms with Gasteiger partial charge in [-0.3, -0.25) is 9.59 Å². The lowest BCUT2D eigenvalue weighted by Gasteiger charge is -2.14. The van der Waals surface area contributed by atoms with Crippen molar-refractivity contribution in [2.24, 2.45) is 5.92 Å². The van der Waals surface area contributed by atoms with E-state index in [0.29, 0.717) is 6.42 Å². The van der Waals surface area contributed by atoms with E-state index >= 15 is 0 Å². The van der Waals surface area contributed by atoms with Crippen molar-refractivity contribution in [3.8, 4) is 11.1 Å². The van der Waals surface area contributed by atoms with Gasteiger partial charge in [0.15, 0.2) is 0 Å². The van der Waals surface area contributed by atoms with E-state index in [9.17, 15) is 14.4 Å². The van der Waals surface area contributed by atoms with Crippen LogP contribution in [-0.4, -0.2) is 56.0 Å². The van der Waals surface area contributed by atoms with Crippen molar-refractivity contribution in [1.82, 2.24) is 10.6 Å². The third kappa shape index (κ3) is 6.07. The number of ether oxygens (including phenoxy) is 2. The highest BCUT2D eigenvalue weighted by Gasteiger charge is 2.28. The Labute approximate surface area is 186 Å². The molecule has 1 aliphatic rings. The Balaban J connectivity index is 1.33. The number of hydrogen-bond acceptors (Lipinski definition) is 5. The van der Waals surface area contributed by atoms with Gasteiger partial charge in [-0.2, -0.15) is 0 Å². The van der Waals surface area contributed by atoms with Crippen LogP contribution in [0.4, 0.5) is 4.79 Å². The number of nitrogens with one attached hydrogen (secondary N) is 2. The highest BCUT2D eigenvalue weighted by Crippen LogP contribution is 2.44. The van der Waals surface area contributed by atoms with E-state index in [-0.39, 0.29) is 44.7 Å². The van der Waals surface area contributed by atoms with Crippen molar-refractivity contribution in [2.75, 3.05) is 32.9 Å². The van der Waals surface area contributed by atoms with Crippen LogP contribution in [0.2, 0.25) is 0 Å². The lowest BCUT2D eigenvalue weighted by molar-refractivity contribution is -0.141. The molecule has 0 saturated heterocycles. The monoisotopic (exact) mass is 440 g/mol. The maximum Gasteiger partial charge on any atom is 0.407 e. The van der Waals surface area contributed by atoms with Gasteiger partial charge in [0, 0.05) is 19.0 Å². The first-order valence-electron chi connectivity index (χ1n) is 10.6. The fraction of sp³-hybridized carbons (Fsp3) is 0.375. The summed E-state index contributed by atoms with van der Waals surface area (Å²) in [6.45, 7) is 2.29. The number of carbonyl (C=O) groups excluding carboxylic acids is 2. The van der Waals surface area contributed by atoms with E-state index in [1.54, 1.807) is 6.92 Å². The van der Waals surface area contributed by atoms with Gasteiger partial charge < -0.3 is 25.2 Å². The summed E-state index contributed by atoms with van der Waals surface area (Å²) >= 11 is 0. The van der Waals surface area contributed by atoms with Crippen molar-refractivity contribution in [2.45, 2.75) is 19.3 Å². The summed E-state index contributed by atoms with van der Waals surface area (Å²) in [4.78, 5) is 34.4. The molecule has 170 valence electrons. The standard InChI is InChI=1S/C24H28N2O6/c1-16(23(28)29)10-11-25-22(27)15-31-13-12-26-24(30)32-14-21-19-8-4-2-6-17(19)18-7-3-5-9-20(18)21/h2-9,16,21H,10-15H2,1H3,(H,25,27)(H,26,30)(H,28,29). The van der Waals surface area contributed by atoms with Gasteiger partial charge in [0.25, 0.3) is 0 Å². The Morgan fingerprint density at radius 2 is 1.59 bits per heavy atom. The number of rotatable bonds is 11. The molecule has 0 aromatic heterocycles. The molecule has 0 aliphatic heterocycles. The van der Waals surface area contributed by atoms with E-state index in [4.69, 9.17) is 14.6 Å². The van der Waals surface area contributed by atoms with Gasteiger partial charge in [-0.15, -0.1) is 0 Å². The Hall–Kier alpha value is -3.39. The molecule has 2 aromatic carbocycles. The largest absolute Gasteiger partial charge is 0.481 e. The summed E-state index contributed by atoms with van der Waals surface area (Å²) in [7, 11) is 0. The van der Waals surface area contributed by atoms with Gasteiger partial charge >= 0.3 is 12.1 Å². The number of carboxylic acids is 1. The molecule has 0 spiro atoms. The molecule has 0 saturated carbocycles. The molecule has 3 rings (SSSR count). The van der Waals surface area contributed by atoms with Crippen molar-refractivity contribution >= 4 is 18.0 Å². The van der Waals surface area contributed by atoms with Crippen LogP contribution in [0.1, 0.15) is 30.4 Å². The van der Waals surface area contributed by atoms with Gasteiger partial charge in [-0.05, 0) is 28.7 Å². The molecule has 0 bridgehead atoms. The maximum atomic E-state index is 12.1. The first-order chi connectivity index (χ1) is 15.5. The molecular weight excluding hydrogens is 412 g/mol. The van der Waals surface area contributed by atoms with Crippen LogP contribution in [0.3, 0.4) is 0 Å². The third-order valence-corrected chi connectivity index (χ3v) is 5.41. The number of carboxylic acid groups (broad SMARTS) is 1. The molecule has 0 heterocycles. The second kappa shape index (κ2) is 11.3. The average Bonchev–Trinajstić information content (AvgIpc) is 3.11. The molecule has 2 amide bonds. The Morgan fingerprint density at radius 3 is 2.22 bits per heavy atom. The van der Waals surface area contributed by atoms with Gasteiger partial charge in [0.1, 0.15) is 13.2 Å². The molecule has 0 radical (unpaired) electrons. The number of hydrogen-bond donors (Lipinski definition) is 3. The molecular formula is C24H28N2O6. The van der Waals surface area contributed by atoms with Crippen LogP contribution in [0.5, 0.6) is 0 Å². The summed E-state index contributed by atoms with van der Waals surface area (Å²) in [6.07, 6.45) is -0.188. The minimum absolute atomic E-state index is 0.00283. The first kappa shape index (κ1) is 23.3. The highest BCUT2D eigenvalue weighted by molar-refractivity contribution is 5.79. The summed E-state index contributed by atoms with van der Waals surface area (Å²) in [6, 6.07) is 16.2. The number of alkyl carbamates (subject to hydrolysis) is 1. The quantitative estimate of drug-likeness (QED) is 0.463. The van der Waals surface area contributed by atoms with Crippen LogP contribution >= 0.6 is 0 Å². The Morgan fingerprint density at radius 1 is 0.969 bits per heavy atom. The zero-order chi connectivity index (χ0) is 22.9. The van der Waals surface area contributed by atoms with Gasteiger partial charge in [-0.25, -0.2) is 4.79 Å². The van der Waals surface area contributed by atoms with Crippen molar-refractivity contribution in [3.05, 3.63) is 59.7 Å². The number of fused-ring (bicyclic) bond motifs is 3. The molecule has 2 aromatic rings. The lowest BCUT2D eigenvalue weighted by Crippen LogP contribution is -2.32. The minimum atomic E-state index is -0.894. The minimum Gasteiger partial charge on any atom is -0.481 e. The smallest absolute Gasteiger partial charge is 0.407 e. The van der Waals surface area contributed by atoms with Crippen LogP contribution in [0.25, 0.3) is 11.1 Å². The van der Waals surface area contributed by atoms with E-state index in [0.717, 1.165) is 11.1 Å². The normalized spacial score (nSPS) is 13.0. The van der Waals surface area contributed by atoms with Crippen LogP contribution in [-0.2, 0) is 19.1 Å². The third-order valence-electron chi connectivity index (χ3n) is 5.41. The van der Waals surface area contributed by atoms with Gasteiger partial charge in [-0.1, -0.05) is 55.5 Å². The molecule has 1 atom stereocenters. The number of carbonyl (C=O) groups is 3. The molecule has 8 nitrogen and oxygen atoms in total. The van der Waals surface area contributed by atoms with E-state index in [1.807, 2.05) is 24.3 Å². The van der Waals surface area contributed by atoms with Crippen molar-refractivity contribution in [1.29, 1.82) is 0 Å². The zero-order valence-electron chi connectivity index (χ0n) is 18.0. The number of aliphatic carboxylic acids is 1. The average molecular weight is 440 g/mol. The maximum absolute atomic E-state index is 12.1. The van der Waals surface area contributed by atoms with E-state index < -0.39 is 18.0 Å². The lowest BCUT2D eigenvalue weighted by atomic mass is 9.98. The summed E-state index contributed by atoms with van der Waals surface area (Å²) in [5.74, 6) is -1.74. The molecule has 1 unspecified atom stereocenters.